The minimum atomic E-state index is -0.363. The molecule has 0 amide bonds. The van der Waals surface area contributed by atoms with Crippen LogP contribution in [0.3, 0.4) is 0 Å². The maximum Gasteiger partial charge on any atom is 0.302 e. The van der Waals surface area contributed by atoms with Gasteiger partial charge in [0.2, 0.25) is 0 Å². The van der Waals surface area contributed by atoms with E-state index in [2.05, 4.69) is 33.9 Å². The van der Waals surface area contributed by atoms with Gasteiger partial charge in [-0.3, -0.25) is 4.79 Å². The van der Waals surface area contributed by atoms with Gasteiger partial charge in [-0.25, -0.2) is 0 Å². The van der Waals surface area contributed by atoms with E-state index in [4.69, 9.17) is 14.2 Å². The number of hydrogen-bond donors (Lipinski definition) is 0. The molecule has 0 aromatic carbocycles. The Bertz CT molecular complexity index is 459. The van der Waals surface area contributed by atoms with Crippen molar-refractivity contribution in [1.82, 2.24) is 0 Å². The molecule has 0 aromatic heterocycles. The van der Waals surface area contributed by atoms with Gasteiger partial charge in [0.05, 0.1) is 5.60 Å². The number of esters is 1. The van der Waals surface area contributed by atoms with Crippen molar-refractivity contribution in [2.45, 2.75) is 71.5 Å². The molecule has 1 rings (SSSR count). The molecule has 0 bridgehead atoms. The molecule has 0 radical (unpaired) electrons. The van der Waals surface area contributed by atoms with Crippen LogP contribution in [0.2, 0.25) is 0 Å². The molecule has 0 aliphatic heterocycles. The molecule has 0 spiro atoms. The van der Waals surface area contributed by atoms with Crippen molar-refractivity contribution < 1.29 is 19.0 Å². The van der Waals surface area contributed by atoms with Gasteiger partial charge in [0.15, 0.2) is 0 Å². The van der Waals surface area contributed by atoms with E-state index in [1.807, 2.05) is 12.2 Å². The van der Waals surface area contributed by atoms with Crippen LogP contribution in [-0.2, 0) is 19.0 Å². The van der Waals surface area contributed by atoms with Crippen LogP contribution in [0.4, 0.5) is 0 Å². The van der Waals surface area contributed by atoms with Crippen molar-refractivity contribution in [3.63, 3.8) is 0 Å². The van der Waals surface area contributed by atoms with Gasteiger partial charge in [-0.05, 0) is 37.5 Å². The highest BCUT2D eigenvalue weighted by atomic mass is 16.7. The molecule has 1 aliphatic rings. The normalized spacial score (nSPS) is 30.2. The quantitative estimate of drug-likeness (QED) is 0.302. The van der Waals surface area contributed by atoms with Crippen LogP contribution in [0.5, 0.6) is 0 Å². The summed E-state index contributed by atoms with van der Waals surface area (Å²) in [6.45, 7) is 16.3. The maximum atomic E-state index is 11.5. The van der Waals surface area contributed by atoms with Crippen LogP contribution in [-0.4, -0.2) is 31.6 Å². The molecule has 144 valence electrons. The van der Waals surface area contributed by atoms with E-state index in [1.165, 1.54) is 6.92 Å². The molecular weight excluding hydrogens is 316 g/mol. The predicted octanol–water partition coefficient (Wildman–Crippen LogP) is 4.89. The van der Waals surface area contributed by atoms with E-state index < -0.39 is 0 Å². The molecule has 0 heterocycles. The predicted molar refractivity (Wildman–Crippen MR) is 101 cm³/mol. The highest BCUT2D eigenvalue weighted by Gasteiger charge is 2.59. The third-order valence-electron chi connectivity index (χ3n) is 5.75. The zero-order chi connectivity index (χ0) is 19.1. The van der Waals surface area contributed by atoms with Crippen molar-refractivity contribution in [3.05, 3.63) is 25.3 Å². The van der Waals surface area contributed by atoms with Crippen molar-refractivity contribution in [2.24, 2.45) is 17.3 Å². The summed E-state index contributed by atoms with van der Waals surface area (Å²) < 4.78 is 17.2. The molecule has 0 saturated heterocycles. The Morgan fingerprint density at radius 3 is 2.48 bits per heavy atom. The Balaban J connectivity index is 3.21. The fourth-order valence-corrected chi connectivity index (χ4v) is 4.73. The lowest BCUT2D eigenvalue weighted by Crippen LogP contribution is -2.52. The summed E-state index contributed by atoms with van der Waals surface area (Å²) in [6.07, 6.45) is 7.86. The Kier molecular flexibility index (Phi) is 8.36. The van der Waals surface area contributed by atoms with Crippen LogP contribution in [0.1, 0.15) is 59.8 Å². The van der Waals surface area contributed by atoms with Crippen LogP contribution < -0.4 is 0 Å². The summed E-state index contributed by atoms with van der Waals surface area (Å²) in [4.78, 5) is 11.5. The lowest BCUT2D eigenvalue weighted by Gasteiger charge is -2.48. The van der Waals surface area contributed by atoms with E-state index in [0.29, 0.717) is 18.3 Å². The molecule has 1 saturated carbocycles. The zero-order valence-electron chi connectivity index (χ0n) is 16.7. The summed E-state index contributed by atoms with van der Waals surface area (Å²) in [7, 11) is 1.65. The van der Waals surface area contributed by atoms with Gasteiger partial charge in [0, 0.05) is 25.9 Å². The second kappa shape index (κ2) is 9.54. The van der Waals surface area contributed by atoms with Crippen LogP contribution in [0.15, 0.2) is 25.3 Å². The lowest BCUT2D eigenvalue weighted by atomic mass is 9.65. The molecular formula is C21H36O4. The van der Waals surface area contributed by atoms with E-state index in [-0.39, 0.29) is 29.9 Å². The van der Waals surface area contributed by atoms with Crippen molar-refractivity contribution in [1.29, 1.82) is 0 Å². The Morgan fingerprint density at radius 1 is 1.32 bits per heavy atom. The first kappa shape index (κ1) is 21.9. The molecule has 1 unspecified atom stereocenters. The maximum absolute atomic E-state index is 11.5. The van der Waals surface area contributed by atoms with Crippen LogP contribution in [0.25, 0.3) is 0 Å². The van der Waals surface area contributed by atoms with Gasteiger partial charge in [0.1, 0.15) is 12.9 Å². The molecule has 0 N–H and O–H groups in total. The number of carbonyl (C=O) groups is 1. The average Bonchev–Trinajstić information content (AvgIpc) is 2.78. The van der Waals surface area contributed by atoms with E-state index in [0.717, 1.165) is 25.7 Å². The standard InChI is InChI=1S/C21H36O4/c1-8-10-18(25-17(5)22)14-20(6)13-11-19(16(3)4)21(20,12-9-2)24-15-23-7/h8-9,16,18-19H,1-2,10-15H2,3-7H3/t18?,19-,20-,21+/m0/s1. The molecule has 25 heavy (non-hydrogen) atoms. The molecule has 4 atom stereocenters. The Hall–Kier alpha value is -1.13. The number of carbonyl (C=O) groups excluding carboxylic acids is 1. The van der Waals surface area contributed by atoms with Gasteiger partial charge in [-0.2, -0.15) is 0 Å². The molecule has 0 aromatic rings. The number of hydrogen-bond acceptors (Lipinski definition) is 4. The summed E-state index contributed by atoms with van der Waals surface area (Å²) in [5.41, 5.74) is -0.490. The second-order valence-electron chi connectivity index (χ2n) is 7.84. The molecule has 4 heteroatoms. The number of rotatable bonds is 11. The summed E-state index contributed by atoms with van der Waals surface area (Å²) in [6, 6.07) is 0. The first-order chi connectivity index (χ1) is 11.8. The molecule has 4 nitrogen and oxygen atoms in total. The smallest absolute Gasteiger partial charge is 0.302 e. The Morgan fingerprint density at radius 2 is 2.00 bits per heavy atom. The topological polar surface area (TPSA) is 44.8 Å². The van der Waals surface area contributed by atoms with E-state index >= 15 is 0 Å². The number of methoxy groups -OCH3 is 1. The summed E-state index contributed by atoms with van der Waals surface area (Å²) in [5.74, 6) is 0.651. The fourth-order valence-electron chi connectivity index (χ4n) is 4.73. The zero-order valence-corrected chi connectivity index (χ0v) is 16.7. The minimum absolute atomic E-state index is 0.127. The average molecular weight is 353 g/mol. The Labute approximate surface area is 153 Å². The van der Waals surface area contributed by atoms with Crippen molar-refractivity contribution in [2.75, 3.05) is 13.9 Å². The first-order valence-electron chi connectivity index (χ1n) is 9.28. The summed E-state index contributed by atoms with van der Waals surface area (Å²) in [5, 5.41) is 0. The SMILES string of the molecule is C=CCC(C[C@]1(C)CC[C@@H](C(C)C)[C@@]1(CC=C)OCOC)OC(C)=O. The first-order valence-corrected chi connectivity index (χ1v) is 9.28. The van der Waals surface area contributed by atoms with Crippen LogP contribution >= 0.6 is 0 Å². The van der Waals surface area contributed by atoms with Crippen molar-refractivity contribution >= 4 is 5.97 Å². The van der Waals surface area contributed by atoms with Gasteiger partial charge in [-0.1, -0.05) is 32.9 Å². The number of ether oxygens (including phenoxy) is 3. The third-order valence-corrected chi connectivity index (χ3v) is 5.75. The van der Waals surface area contributed by atoms with E-state index in [1.54, 1.807) is 7.11 Å². The van der Waals surface area contributed by atoms with Crippen LogP contribution in [0, 0.1) is 17.3 Å². The highest BCUT2D eigenvalue weighted by molar-refractivity contribution is 5.66. The van der Waals surface area contributed by atoms with Gasteiger partial charge < -0.3 is 14.2 Å². The molecule has 1 aliphatic carbocycles. The molecule has 1 fully saturated rings. The fraction of sp³-hybridized carbons (Fsp3) is 0.762. The van der Waals surface area contributed by atoms with Gasteiger partial charge >= 0.3 is 5.97 Å². The summed E-state index contributed by atoms with van der Waals surface area (Å²) >= 11 is 0. The van der Waals surface area contributed by atoms with E-state index in [9.17, 15) is 4.79 Å². The van der Waals surface area contributed by atoms with Gasteiger partial charge in [-0.15, -0.1) is 13.2 Å². The minimum Gasteiger partial charge on any atom is -0.462 e. The second-order valence-corrected chi connectivity index (χ2v) is 7.84. The van der Waals surface area contributed by atoms with Gasteiger partial charge in [0.25, 0.3) is 0 Å². The third kappa shape index (κ3) is 4.95. The largest absolute Gasteiger partial charge is 0.462 e. The van der Waals surface area contributed by atoms with Crippen molar-refractivity contribution in [3.8, 4) is 0 Å². The lowest BCUT2D eigenvalue weighted by molar-refractivity contribution is -0.203. The highest BCUT2D eigenvalue weighted by Crippen LogP contribution is 2.59. The monoisotopic (exact) mass is 352 g/mol.